The van der Waals surface area contributed by atoms with Gasteiger partial charge in [-0.3, -0.25) is 14.5 Å². The van der Waals surface area contributed by atoms with E-state index < -0.39 is 0 Å². The number of hydrogen-bond donors (Lipinski definition) is 0. The summed E-state index contributed by atoms with van der Waals surface area (Å²) in [6.07, 6.45) is 0. The van der Waals surface area contributed by atoms with Crippen LogP contribution in [-0.2, 0) is 14.3 Å². The molecule has 2 saturated heterocycles. The minimum atomic E-state index is -0.269. The Bertz CT molecular complexity index is 652. The van der Waals surface area contributed by atoms with Crippen molar-refractivity contribution in [2.24, 2.45) is 0 Å². The molecule has 142 valence electrons. The first kappa shape index (κ1) is 19.3. The third-order valence-corrected chi connectivity index (χ3v) is 6.29. The number of para-hydroxylation sites is 1. The summed E-state index contributed by atoms with van der Waals surface area (Å²) in [6, 6.07) is 7.85. The molecule has 0 spiro atoms. The van der Waals surface area contributed by atoms with Gasteiger partial charge in [0.2, 0.25) is 5.91 Å². The maximum absolute atomic E-state index is 12.6. The molecule has 2 heterocycles. The highest BCUT2D eigenvalue weighted by atomic mass is 35.5. The number of rotatable bonds is 4. The van der Waals surface area contributed by atoms with Crippen molar-refractivity contribution in [2.75, 3.05) is 63.6 Å². The van der Waals surface area contributed by atoms with E-state index >= 15 is 0 Å². The Morgan fingerprint density at radius 3 is 2.62 bits per heavy atom. The van der Waals surface area contributed by atoms with E-state index in [1.807, 2.05) is 24.3 Å². The second kappa shape index (κ2) is 8.97. The van der Waals surface area contributed by atoms with E-state index in [1.54, 1.807) is 16.7 Å². The first-order valence-corrected chi connectivity index (χ1v) is 10.2. The first-order chi connectivity index (χ1) is 12.6. The number of esters is 1. The first-order valence-electron chi connectivity index (χ1n) is 8.77. The van der Waals surface area contributed by atoms with Crippen molar-refractivity contribution >= 4 is 40.9 Å². The van der Waals surface area contributed by atoms with E-state index in [2.05, 4.69) is 9.80 Å². The predicted molar refractivity (Wildman–Crippen MR) is 105 cm³/mol. The average Bonchev–Trinajstić information content (AvgIpc) is 2.68. The number of halogens is 1. The highest BCUT2D eigenvalue weighted by Gasteiger charge is 2.30. The lowest BCUT2D eigenvalue weighted by molar-refractivity contribution is -0.141. The van der Waals surface area contributed by atoms with Gasteiger partial charge in [0, 0.05) is 45.0 Å². The molecule has 0 unspecified atom stereocenters. The summed E-state index contributed by atoms with van der Waals surface area (Å²) in [7, 11) is 1.39. The number of benzene rings is 1. The summed E-state index contributed by atoms with van der Waals surface area (Å²) in [5, 5.41) is 0.492. The molecular formula is C18H24ClN3O3S. The van der Waals surface area contributed by atoms with Crippen molar-refractivity contribution in [1.29, 1.82) is 0 Å². The number of nitrogens with zero attached hydrogens (tertiary/aromatic N) is 3. The quantitative estimate of drug-likeness (QED) is 0.719. The summed E-state index contributed by atoms with van der Waals surface area (Å²) in [5.41, 5.74) is 1.05. The molecule has 0 bridgehead atoms. The molecular weight excluding hydrogens is 374 g/mol. The summed E-state index contributed by atoms with van der Waals surface area (Å²) < 4.78 is 4.81. The van der Waals surface area contributed by atoms with Crippen LogP contribution in [0.4, 0.5) is 5.69 Å². The van der Waals surface area contributed by atoms with Crippen LogP contribution in [0.5, 0.6) is 0 Å². The van der Waals surface area contributed by atoms with E-state index in [1.165, 1.54) is 7.11 Å². The van der Waals surface area contributed by atoms with Crippen molar-refractivity contribution in [3.8, 4) is 0 Å². The molecule has 26 heavy (non-hydrogen) atoms. The van der Waals surface area contributed by atoms with Gasteiger partial charge in [-0.05, 0) is 12.1 Å². The smallest absolute Gasteiger partial charge is 0.320 e. The standard InChI is InChI=1S/C18H24ClN3O3S/c1-25-18(24)16-12-22(10-11-26-16)17(23)13-20-6-8-21(9-7-20)15-5-3-2-4-14(15)19/h2-5,16H,6-13H2,1H3/t16-/m0/s1. The molecule has 6 nitrogen and oxygen atoms in total. The molecule has 1 aromatic rings. The lowest BCUT2D eigenvalue weighted by atomic mass is 10.2. The number of anilines is 1. The number of amides is 1. The Morgan fingerprint density at radius 2 is 1.92 bits per heavy atom. The van der Waals surface area contributed by atoms with Crippen molar-refractivity contribution in [3.63, 3.8) is 0 Å². The number of piperazine rings is 1. The van der Waals surface area contributed by atoms with Crippen LogP contribution >= 0.6 is 23.4 Å². The lowest BCUT2D eigenvalue weighted by Crippen LogP contribution is -2.52. The molecule has 0 N–H and O–H groups in total. The molecule has 1 aromatic carbocycles. The Labute approximate surface area is 163 Å². The molecule has 2 aliphatic rings. The lowest BCUT2D eigenvalue weighted by Gasteiger charge is -2.38. The van der Waals surface area contributed by atoms with E-state index in [9.17, 15) is 9.59 Å². The number of thioether (sulfide) groups is 1. The fourth-order valence-corrected chi connectivity index (χ4v) is 4.68. The third-order valence-electron chi connectivity index (χ3n) is 4.81. The topological polar surface area (TPSA) is 53.1 Å². The minimum Gasteiger partial charge on any atom is -0.468 e. The Morgan fingerprint density at radius 1 is 1.19 bits per heavy atom. The summed E-state index contributed by atoms with van der Waals surface area (Å²) in [6.45, 7) is 4.86. The third kappa shape index (κ3) is 4.64. The monoisotopic (exact) mass is 397 g/mol. The van der Waals surface area contributed by atoms with Gasteiger partial charge in [-0.15, -0.1) is 11.8 Å². The summed E-state index contributed by atoms with van der Waals surface area (Å²) in [5.74, 6) is 0.609. The van der Waals surface area contributed by atoms with Gasteiger partial charge < -0.3 is 14.5 Å². The second-order valence-electron chi connectivity index (χ2n) is 6.44. The zero-order valence-electron chi connectivity index (χ0n) is 14.9. The molecule has 0 radical (unpaired) electrons. The molecule has 8 heteroatoms. The van der Waals surface area contributed by atoms with E-state index in [0.717, 1.165) is 42.6 Å². The zero-order chi connectivity index (χ0) is 18.5. The Kier molecular flexibility index (Phi) is 6.67. The van der Waals surface area contributed by atoms with E-state index in [0.29, 0.717) is 19.6 Å². The van der Waals surface area contributed by atoms with Gasteiger partial charge in [-0.2, -0.15) is 0 Å². The number of methoxy groups -OCH3 is 1. The van der Waals surface area contributed by atoms with Gasteiger partial charge >= 0.3 is 5.97 Å². The average molecular weight is 398 g/mol. The van der Waals surface area contributed by atoms with Crippen LogP contribution in [0.15, 0.2) is 24.3 Å². The molecule has 0 aliphatic carbocycles. The number of carbonyl (C=O) groups is 2. The van der Waals surface area contributed by atoms with Gasteiger partial charge in [0.25, 0.3) is 0 Å². The van der Waals surface area contributed by atoms with Crippen molar-refractivity contribution in [1.82, 2.24) is 9.80 Å². The van der Waals surface area contributed by atoms with E-state index in [-0.39, 0.29) is 17.1 Å². The zero-order valence-corrected chi connectivity index (χ0v) is 16.5. The van der Waals surface area contributed by atoms with Crippen LogP contribution in [0.3, 0.4) is 0 Å². The molecule has 1 atom stereocenters. The highest BCUT2D eigenvalue weighted by molar-refractivity contribution is 8.00. The van der Waals surface area contributed by atoms with E-state index in [4.69, 9.17) is 16.3 Å². The molecule has 2 aliphatic heterocycles. The van der Waals surface area contributed by atoms with Crippen LogP contribution < -0.4 is 4.90 Å². The van der Waals surface area contributed by atoms with Crippen LogP contribution in [0.25, 0.3) is 0 Å². The van der Waals surface area contributed by atoms with Gasteiger partial charge in [0.05, 0.1) is 24.4 Å². The maximum atomic E-state index is 12.6. The Balaban J connectivity index is 1.49. The maximum Gasteiger partial charge on any atom is 0.320 e. The molecule has 0 saturated carbocycles. The number of ether oxygens (including phenoxy) is 1. The fraction of sp³-hybridized carbons (Fsp3) is 0.556. The van der Waals surface area contributed by atoms with Gasteiger partial charge in [-0.25, -0.2) is 0 Å². The van der Waals surface area contributed by atoms with Crippen LogP contribution in [0.2, 0.25) is 5.02 Å². The SMILES string of the molecule is COC(=O)[C@@H]1CN(C(=O)CN2CCN(c3ccccc3Cl)CC2)CCS1. The van der Waals surface area contributed by atoms with Crippen molar-refractivity contribution in [3.05, 3.63) is 29.3 Å². The minimum absolute atomic E-state index is 0.0883. The highest BCUT2D eigenvalue weighted by Crippen LogP contribution is 2.26. The number of carbonyl (C=O) groups excluding carboxylic acids is 2. The number of hydrogen-bond acceptors (Lipinski definition) is 6. The van der Waals surface area contributed by atoms with Gasteiger partial charge in [0.1, 0.15) is 5.25 Å². The normalized spacial score (nSPS) is 21.5. The molecule has 1 amide bonds. The van der Waals surface area contributed by atoms with Gasteiger partial charge in [0.15, 0.2) is 0 Å². The molecule has 0 aromatic heterocycles. The van der Waals surface area contributed by atoms with Crippen LogP contribution in [0, 0.1) is 0 Å². The van der Waals surface area contributed by atoms with Crippen LogP contribution in [-0.4, -0.2) is 85.6 Å². The van der Waals surface area contributed by atoms with Crippen molar-refractivity contribution in [2.45, 2.75) is 5.25 Å². The summed E-state index contributed by atoms with van der Waals surface area (Å²) >= 11 is 7.84. The molecule has 2 fully saturated rings. The fourth-order valence-electron chi connectivity index (χ4n) is 3.30. The van der Waals surface area contributed by atoms with Crippen molar-refractivity contribution < 1.29 is 14.3 Å². The second-order valence-corrected chi connectivity index (χ2v) is 8.15. The summed E-state index contributed by atoms with van der Waals surface area (Å²) in [4.78, 5) is 30.6. The predicted octanol–water partition coefficient (Wildman–Crippen LogP) is 1.58. The Hall–Kier alpha value is -1.44. The molecule has 3 rings (SSSR count). The largest absolute Gasteiger partial charge is 0.468 e. The van der Waals surface area contributed by atoms with Crippen LogP contribution in [0.1, 0.15) is 0 Å². The van der Waals surface area contributed by atoms with Gasteiger partial charge in [-0.1, -0.05) is 23.7 Å².